The van der Waals surface area contributed by atoms with Gasteiger partial charge in [0.15, 0.2) is 0 Å². The summed E-state index contributed by atoms with van der Waals surface area (Å²) in [5.74, 6) is -0.0678. The van der Waals surface area contributed by atoms with Crippen molar-refractivity contribution in [2.45, 2.75) is 360 Å². The summed E-state index contributed by atoms with van der Waals surface area (Å²) in [5.41, 5.74) is 0. The van der Waals surface area contributed by atoms with Gasteiger partial charge in [0.2, 0.25) is 5.91 Å². The monoisotopic (exact) mass is 986 g/mol. The van der Waals surface area contributed by atoms with E-state index in [1.165, 1.54) is 276 Å². The van der Waals surface area contributed by atoms with Crippen LogP contribution in [0.25, 0.3) is 0 Å². The highest BCUT2D eigenvalue weighted by Gasteiger charge is 2.18. The van der Waals surface area contributed by atoms with Gasteiger partial charge in [-0.1, -0.05) is 301 Å². The Balaban J connectivity index is 3.45. The van der Waals surface area contributed by atoms with Gasteiger partial charge in [0, 0.05) is 12.8 Å². The molecule has 0 bridgehead atoms. The van der Waals surface area contributed by atoms with Gasteiger partial charge in [0.1, 0.15) is 0 Å². The van der Waals surface area contributed by atoms with Gasteiger partial charge in [-0.2, -0.15) is 0 Å². The summed E-state index contributed by atoms with van der Waals surface area (Å²) < 4.78 is 5.49. The van der Waals surface area contributed by atoms with Gasteiger partial charge in [-0.05, 0) is 57.8 Å². The minimum absolute atomic E-state index is 0.00713. The molecule has 0 aromatic carbocycles. The second-order valence-electron chi connectivity index (χ2n) is 21.7. The molecule has 0 heterocycles. The maximum atomic E-state index is 12.5. The fourth-order valence-corrected chi connectivity index (χ4v) is 9.87. The first-order valence-corrected chi connectivity index (χ1v) is 31.6. The van der Waals surface area contributed by atoms with Gasteiger partial charge in [0.05, 0.1) is 25.4 Å². The van der Waals surface area contributed by atoms with Crippen molar-refractivity contribution >= 4 is 11.9 Å². The zero-order valence-corrected chi connectivity index (χ0v) is 47.3. The molecule has 0 aromatic heterocycles. The molecule has 0 fully saturated rings. The van der Waals surface area contributed by atoms with Crippen molar-refractivity contribution in [1.82, 2.24) is 5.32 Å². The lowest BCUT2D eigenvalue weighted by molar-refractivity contribution is -0.143. The number of carbonyl (C=O) groups is 2. The third kappa shape index (κ3) is 55.7. The molecule has 1 amide bonds. The largest absolute Gasteiger partial charge is 0.466 e. The van der Waals surface area contributed by atoms with Crippen LogP contribution in [0.5, 0.6) is 0 Å². The number of unbranched alkanes of at least 4 members (excludes halogenated alkanes) is 46. The minimum atomic E-state index is -0.851. The number of rotatable bonds is 59. The number of allylic oxidation sites excluding steroid dienone is 3. The fraction of sp³-hybridized carbons (Fsp3) is 0.906. The van der Waals surface area contributed by atoms with Gasteiger partial charge >= 0.3 is 5.97 Å². The van der Waals surface area contributed by atoms with E-state index in [9.17, 15) is 19.8 Å². The van der Waals surface area contributed by atoms with Crippen LogP contribution < -0.4 is 5.32 Å². The van der Waals surface area contributed by atoms with Gasteiger partial charge < -0.3 is 20.3 Å². The summed E-state index contributed by atoms with van der Waals surface area (Å²) in [7, 11) is 0. The molecule has 0 rings (SSSR count). The molecule has 414 valence electrons. The molecule has 70 heavy (non-hydrogen) atoms. The van der Waals surface area contributed by atoms with Crippen LogP contribution in [0.1, 0.15) is 348 Å². The number of hydrogen-bond acceptors (Lipinski definition) is 5. The Kier molecular flexibility index (Phi) is 58.5. The zero-order valence-electron chi connectivity index (χ0n) is 47.3. The Morgan fingerprint density at radius 3 is 1.01 bits per heavy atom. The van der Waals surface area contributed by atoms with Gasteiger partial charge in [-0.25, -0.2) is 0 Å². The van der Waals surface area contributed by atoms with E-state index in [0.717, 1.165) is 44.9 Å². The maximum Gasteiger partial charge on any atom is 0.305 e. The average molecular weight is 987 g/mol. The highest BCUT2D eigenvalue weighted by molar-refractivity contribution is 5.76. The smallest absolute Gasteiger partial charge is 0.305 e. The van der Waals surface area contributed by atoms with Crippen LogP contribution in [0, 0.1) is 0 Å². The molecule has 0 aromatic rings. The summed E-state index contributed by atoms with van der Waals surface area (Å²) in [6.07, 6.45) is 73.6. The normalized spacial score (nSPS) is 12.7. The minimum Gasteiger partial charge on any atom is -0.466 e. The Morgan fingerprint density at radius 2 is 0.671 bits per heavy atom. The van der Waals surface area contributed by atoms with E-state index in [1.807, 2.05) is 6.08 Å². The van der Waals surface area contributed by atoms with E-state index in [2.05, 4.69) is 31.3 Å². The number of aliphatic hydroxyl groups is 2. The topological polar surface area (TPSA) is 95.9 Å². The molecule has 0 aliphatic rings. The number of nitrogens with one attached hydrogen (secondary N) is 1. The van der Waals surface area contributed by atoms with Crippen molar-refractivity contribution in [2.24, 2.45) is 0 Å². The molecule has 6 nitrogen and oxygen atoms in total. The maximum absolute atomic E-state index is 12.5. The number of hydrogen-bond donors (Lipinski definition) is 3. The van der Waals surface area contributed by atoms with E-state index >= 15 is 0 Å². The van der Waals surface area contributed by atoms with Crippen molar-refractivity contribution < 1.29 is 24.5 Å². The molecular weight excluding hydrogens is 863 g/mol. The van der Waals surface area contributed by atoms with Crippen molar-refractivity contribution in [2.75, 3.05) is 13.2 Å². The van der Waals surface area contributed by atoms with Crippen LogP contribution in [-0.2, 0) is 14.3 Å². The Labute approximate surface area is 437 Å². The fourth-order valence-electron chi connectivity index (χ4n) is 9.87. The molecule has 0 aliphatic heterocycles. The lowest BCUT2D eigenvalue weighted by Gasteiger charge is -2.20. The average Bonchev–Trinajstić information content (AvgIpc) is 3.36. The van der Waals surface area contributed by atoms with Gasteiger partial charge in [-0.3, -0.25) is 9.59 Å². The molecule has 0 saturated carbocycles. The van der Waals surface area contributed by atoms with Crippen LogP contribution in [0.4, 0.5) is 0 Å². The lowest BCUT2D eigenvalue weighted by atomic mass is 10.0. The first kappa shape index (κ1) is 68.3. The third-order valence-electron chi connectivity index (χ3n) is 14.7. The van der Waals surface area contributed by atoms with Crippen LogP contribution >= 0.6 is 0 Å². The van der Waals surface area contributed by atoms with Crippen molar-refractivity contribution in [1.29, 1.82) is 0 Å². The second kappa shape index (κ2) is 59.9. The molecule has 2 unspecified atom stereocenters. The lowest BCUT2D eigenvalue weighted by Crippen LogP contribution is -2.45. The Hall–Kier alpha value is -1.66. The Bertz CT molecular complexity index is 1090. The zero-order chi connectivity index (χ0) is 50.7. The van der Waals surface area contributed by atoms with E-state index in [0.29, 0.717) is 19.4 Å². The van der Waals surface area contributed by atoms with Gasteiger partial charge in [0.25, 0.3) is 0 Å². The summed E-state index contributed by atoms with van der Waals surface area (Å²) in [6.45, 7) is 4.92. The number of amides is 1. The van der Waals surface area contributed by atoms with E-state index in [4.69, 9.17) is 4.74 Å². The predicted octanol–water partition coefficient (Wildman–Crippen LogP) is 19.8. The van der Waals surface area contributed by atoms with Crippen LogP contribution in [-0.4, -0.2) is 47.4 Å². The predicted molar refractivity (Wildman–Crippen MR) is 306 cm³/mol. The van der Waals surface area contributed by atoms with E-state index < -0.39 is 12.1 Å². The van der Waals surface area contributed by atoms with E-state index in [1.54, 1.807) is 6.08 Å². The molecule has 0 radical (unpaired) electrons. The summed E-state index contributed by atoms with van der Waals surface area (Å²) >= 11 is 0. The number of aliphatic hydroxyl groups excluding tert-OH is 2. The molecule has 0 saturated heterocycles. The van der Waals surface area contributed by atoms with Crippen molar-refractivity contribution in [3.05, 3.63) is 24.3 Å². The quantitative estimate of drug-likeness (QED) is 0.0321. The van der Waals surface area contributed by atoms with Crippen LogP contribution in [0.3, 0.4) is 0 Å². The molecule has 2 atom stereocenters. The third-order valence-corrected chi connectivity index (χ3v) is 14.7. The Morgan fingerprint density at radius 1 is 0.386 bits per heavy atom. The van der Waals surface area contributed by atoms with Crippen LogP contribution in [0.15, 0.2) is 24.3 Å². The number of esters is 1. The van der Waals surface area contributed by atoms with Crippen molar-refractivity contribution in [3.8, 4) is 0 Å². The second-order valence-corrected chi connectivity index (χ2v) is 21.7. The number of ether oxygens (including phenoxy) is 1. The number of carbonyl (C=O) groups excluding carboxylic acids is 2. The molecule has 6 heteroatoms. The summed E-state index contributed by atoms with van der Waals surface area (Å²) in [5, 5.41) is 23.2. The standard InChI is InChI=1S/C64H123NO5/c1-3-5-7-9-11-13-15-17-19-21-25-28-32-36-40-44-48-52-56-62(67)61(60-66)65-63(68)57-53-49-45-41-37-33-29-26-23-22-24-27-31-35-39-43-47-51-55-59-70-64(69)58-54-50-46-42-38-34-30-20-18-16-14-12-10-8-6-4-2/h22-23,52,56,61-62,66-67H,3-21,24-51,53-55,57-60H2,1-2H3,(H,65,68)/b23-22-,56-52+. The highest BCUT2D eigenvalue weighted by Crippen LogP contribution is 2.17. The van der Waals surface area contributed by atoms with Gasteiger partial charge in [-0.15, -0.1) is 0 Å². The highest BCUT2D eigenvalue weighted by atomic mass is 16.5. The molecule has 0 aliphatic carbocycles. The van der Waals surface area contributed by atoms with Crippen molar-refractivity contribution in [3.63, 3.8) is 0 Å². The SMILES string of the molecule is CCCCCCCCCCCCCCCCCC/C=C/C(O)C(CO)NC(=O)CCCCCCCCC/C=C\CCCCCCCCCCOC(=O)CCCCCCCCCCCCCCCCCC. The molecule has 0 spiro atoms. The first-order chi connectivity index (χ1) is 34.5. The van der Waals surface area contributed by atoms with Crippen LogP contribution in [0.2, 0.25) is 0 Å². The summed E-state index contributed by atoms with van der Waals surface area (Å²) in [6, 6.07) is -0.635. The summed E-state index contributed by atoms with van der Waals surface area (Å²) in [4.78, 5) is 24.6. The molecule has 3 N–H and O–H groups in total. The van der Waals surface area contributed by atoms with E-state index in [-0.39, 0.29) is 18.5 Å². The first-order valence-electron chi connectivity index (χ1n) is 31.6. The molecular formula is C64H123NO5.